The average Bonchev–Trinajstić information content (AvgIpc) is 2.15. The Morgan fingerprint density at radius 2 is 2.38 bits per heavy atom. The van der Waals surface area contributed by atoms with Gasteiger partial charge in [0.15, 0.2) is 0 Å². The minimum Gasteiger partial charge on any atom is -0.361 e. The van der Waals surface area contributed by atoms with Crippen molar-refractivity contribution < 1.29 is 4.74 Å². The number of nitrogens with one attached hydrogen (secondary N) is 1. The van der Waals surface area contributed by atoms with Crippen LogP contribution < -0.4 is 5.32 Å². The summed E-state index contributed by atoms with van der Waals surface area (Å²) in [6.07, 6.45) is 4.51. The lowest BCUT2D eigenvalue weighted by Gasteiger charge is -2.03. The van der Waals surface area contributed by atoms with E-state index in [0.717, 1.165) is 6.73 Å². The number of fused-ring (bicyclic) bond motifs is 1. The van der Waals surface area contributed by atoms with Crippen LogP contribution in [0.25, 0.3) is 0 Å². The van der Waals surface area contributed by atoms with Crippen LogP contribution in [0.4, 0.5) is 0 Å². The lowest BCUT2D eigenvalue weighted by Crippen LogP contribution is -2.24. The van der Waals surface area contributed by atoms with Crippen molar-refractivity contribution in [3.05, 3.63) is 0 Å². The normalized spacial score (nSPS) is 45.0. The van der Waals surface area contributed by atoms with Crippen molar-refractivity contribution in [1.82, 2.24) is 5.32 Å². The number of ether oxygens (including phenoxy) is 1. The Morgan fingerprint density at radius 3 is 3.25 bits per heavy atom. The van der Waals surface area contributed by atoms with Crippen molar-refractivity contribution in [3.8, 4) is 0 Å². The Balaban J connectivity index is 2.04. The standard InChI is InChI=1S/C6H11NO/c1-2-5-6(3-1)8-4-7-5/h5-7H,1-4H2. The molecule has 46 valence electrons. The Hall–Kier alpha value is -0.0800. The van der Waals surface area contributed by atoms with Gasteiger partial charge in [0.2, 0.25) is 0 Å². The van der Waals surface area contributed by atoms with Crippen LogP contribution in [0, 0.1) is 0 Å². The first-order valence-electron chi connectivity index (χ1n) is 3.32. The first-order chi connectivity index (χ1) is 3.97. The molecule has 1 heterocycles. The quantitative estimate of drug-likeness (QED) is 0.493. The SMILES string of the molecule is C1CC2NCOC2C1. The first kappa shape index (κ1) is 4.77. The van der Waals surface area contributed by atoms with Gasteiger partial charge in [-0.05, 0) is 19.3 Å². The second-order valence-corrected chi connectivity index (χ2v) is 2.59. The number of hydrogen-bond donors (Lipinski definition) is 1. The second-order valence-electron chi connectivity index (χ2n) is 2.59. The summed E-state index contributed by atoms with van der Waals surface area (Å²) in [4.78, 5) is 0. The molecule has 1 aliphatic carbocycles. The highest BCUT2D eigenvalue weighted by Gasteiger charge is 2.31. The predicted octanol–water partition coefficient (Wildman–Crippen LogP) is 0.485. The maximum atomic E-state index is 5.37. The maximum Gasteiger partial charge on any atom is 0.0972 e. The molecule has 2 heteroatoms. The minimum atomic E-state index is 0.565. The van der Waals surface area contributed by atoms with Gasteiger partial charge < -0.3 is 4.74 Å². The number of rotatable bonds is 0. The number of hydrogen-bond acceptors (Lipinski definition) is 2. The van der Waals surface area contributed by atoms with Crippen molar-refractivity contribution >= 4 is 0 Å². The molecule has 2 fully saturated rings. The molecule has 0 radical (unpaired) electrons. The summed E-state index contributed by atoms with van der Waals surface area (Å²) in [6.45, 7) is 0.787. The highest BCUT2D eigenvalue weighted by atomic mass is 16.5. The maximum absolute atomic E-state index is 5.37. The molecule has 2 nitrogen and oxygen atoms in total. The molecule has 1 aliphatic heterocycles. The summed E-state index contributed by atoms with van der Waals surface area (Å²) < 4.78 is 5.37. The van der Waals surface area contributed by atoms with Crippen molar-refractivity contribution in [3.63, 3.8) is 0 Å². The molecule has 2 atom stereocenters. The van der Waals surface area contributed by atoms with Crippen LogP contribution in [0.1, 0.15) is 19.3 Å². The van der Waals surface area contributed by atoms with Crippen LogP contribution in [-0.4, -0.2) is 18.9 Å². The van der Waals surface area contributed by atoms with E-state index in [1.807, 2.05) is 0 Å². The molecule has 1 saturated heterocycles. The fourth-order valence-electron chi connectivity index (χ4n) is 1.62. The molecular weight excluding hydrogens is 102 g/mol. The second kappa shape index (κ2) is 1.71. The Morgan fingerprint density at radius 1 is 1.38 bits per heavy atom. The van der Waals surface area contributed by atoms with Crippen LogP contribution in [0.5, 0.6) is 0 Å². The van der Waals surface area contributed by atoms with E-state index in [-0.39, 0.29) is 0 Å². The monoisotopic (exact) mass is 113 g/mol. The van der Waals surface area contributed by atoms with Crippen molar-refractivity contribution in [2.24, 2.45) is 0 Å². The molecule has 1 N–H and O–H groups in total. The third-order valence-corrected chi connectivity index (χ3v) is 2.10. The molecule has 0 aromatic rings. The summed E-state index contributed by atoms with van der Waals surface area (Å²) in [6, 6.07) is 0.704. The summed E-state index contributed by atoms with van der Waals surface area (Å²) in [5.74, 6) is 0. The van der Waals surface area contributed by atoms with E-state index < -0.39 is 0 Å². The van der Waals surface area contributed by atoms with Gasteiger partial charge in [0.25, 0.3) is 0 Å². The Bertz CT molecular complexity index is 74.5. The van der Waals surface area contributed by atoms with Gasteiger partial charge in [-0.2, -0.15) is 0 Å². The zero-order valence-corrected chi connectivity index (χ0v) is 4.89. The van der Waals surface area contributed by atoms with Gasteiger partial charge in [-0.1, -0.05) is 0 Å². The predicted molar refractivity (Wildman–Crippen MR) is 30.5 cm³/mol. The fourth-order valence-corrected chi connectivity index (χ4v) is 1.62. The smallest absolute Gasteiger partial charge is 0.0972 e. The fraction of sp³-hybridized carbons (Fsp3) is 1.00. The minimum absolute atomic E-state index is 0.565. The Labute approximate surface area is 49.2 Å². The Kier molecular flexibility index (Phi) is 1.02. The van der Waals surface area contributed by atoms with Gasteiger partial charge in [0.05, 0.1) is 12.8 Å². The highest BCUT2D eigenvalue weighted by molar-refractivity contribution is 4.86. The van der Waals surface area contributed by atoms with E-state index in [1.54, 1.807) is 0 Å². The molecule has 0 bridgehead atoms. The molecule has 0 amide bonds. The molecule has 8 heavy (non-hydrogen) atoms. The van der Waals surface area contributed by atoms with Crippen LogP contribution in [0.15, 0.2) is 0 Å². The zero-order valence-electron chi connectivity index (χ0n) is 4.89. The van der Waals surface area contributed by atoms with Gasteiger partial charge >= 0.3 is 0 Å². The molecule has 0 aromatic heterocycles. The van der Waals surface area contributed by atoms with Gasteiger partial charge in [0.1, 0.15) is 0 Å². The molecule has 1 saturated carbocycles. The third-order valence-electron chi connectivity index (χ3n) is 2.10. The molecule has 0 spiro atoms. The zero-order chi connectivity index (χ0) is 5.40. The topological polar surface area (TPSA) is 21.3 Å². The third kappa shape index (κ3) is 0.565. The molecule has 2 rings (SSSR count). The molecule has 0 aromatic carbocycles. The van der Waals surface area contributed by atoms with Gasteiger partial charge in [-0.25, -0.2) is 0 Å². The lowest BCUT2D eigenvalue weighted by atomic mass is 10.2. The van der Waals surface area contributed by atoms with E-state index in [9.17, 15) is 0 Å². The van der Waals surface area contributed by atoms with Crippen LogP contribution >= 0.6 is 0 Å². The van der Waals surface area contributed by atoms with Gasteiger partial charge in [-0.3, -0.25) is 5.32 Å². The lowest BCUT2D eigenvalue weighted by molar-refractivity contribution is 0.109. The van der Waals surface area contributed by atoms with E-state index in [4.69, 9.17) is 4.74 Å². The van der Waals surface area contributed by atoms with Crippen molar-refractivity contribution in [1.29, 1.82) is 0 Å². The van der Waals surface area contributed by atoms with E-state index >= 15 is 0 Å². The first-order valence-corrected chi connectivity index (χ1v) is 3.32. The summed E-state index contributed by atoms with van der Waals surface area (Å²) >= 11 is 0. The summed E-state index contributed by atoms with van der Waals surface area (Å²) in [5.41, 5.74) is 0. The largest absolute Gasteiger partial charge is 0.361 e. The van der Waals surface area contributed by atoms with Gasteiger partial charge in [-0.15, -0.1) is 0 Å². The van der Waals surface area contributed by atoms with E-state index in [0.29, 0.717) is 12.1 Å². The van der Waals surface area contributed by atoms with E-state index in [1.165, 1.54) is 19.3 Å². The summed E-state index contributed by atoms with van der Waals surface area (Å²) in [7, 11) is 0. The average molecular weight is 113 g/mol. The van der Waals surface area contributed by atoms with Crippen LogP contribution in [-0.2, 0) is 4.74 Å². The van der Waals surface area contributed by atoms with E-state index in [2.05, 4.69) is 5.32 Å². The van der Waals surface area contributed by atoms with Gasteiger partial charge in [0, 0.05) is 6.04 Å². The van der Waals surface area contributed by atoms with Crippen molar-refractivity contribution in [2.45, 2.75) is 31.4 Å². The molecule has 2 aliphatic rings. The van der Waals surface area contributed by atoms with Crippen LogP contribution in [0.2, 0.25) is 0 Å². The van der Waals surface area contributed by atoms with Crippen molar-refractivity contribution in [2.75, 3.05) is 6.73 Å². The molecule has 2 unspecified atom stereocenters. The summed E-state index contributed by atoms with van der Waals surface area (Å²) in [5, 5.41) is 3.30. The molecular formula is C6H11NO. The van der Waals surface area contributed by atoms with Crippen LogP contribution in [0.3, 0.4) is 0 Å². The highest BCUT2D eigenvalue weighted by Crippen LogP contribution is 2.24.